The van der Waals surface area contributed by atoms with E-state index in [9.17, 15) is 4.79 Å². The summed E-state index contributed by atoms with van der Waals surface area (Å²) in [6.45, 7) is 3.54. The largest absolute Gasteiger partial charge is 0.324 e. The molecule has 1 saturated heterocycles. The molecule has 23 heavy (non-hydrogen) atoms. The van der Waals surface area contributed by atoms with Gasteiger partial charge in [0.1, 0.15) is 4.34 Å². The number of hydrogen-bond donors (Lipinski definition) is 1. The lowest BCUT2D eigenvalue weighted by molar-refractivity contribution is 0.221. The molecule has 1 N–H and O–H groups in total. The van der Waals surface area contributed by atoms with Gasteiger partial charge in [-0.05, 0) is 42.9 Å². The molecular formula is C16H17Cl2N3OS. The molecule has 4 nitrogen and oxygen atoms in total. The Morgan fingerprint density at radius 2 is 2.30 bits per heavy atom. The predicted molar refractivity (Wildman–Crippen MR) is 95.7 cm³/mol. The number of aryl methyl sites for hydroxylation is 1. The van der Waals surface area contributed by atoms with Crippen molar-refractivity contribution in [3.63, 3.8) is 0 Å². The normalized spacial score (nSPS) is 17.5. The van der Waals surface area contributed by atoms with Gasteiger partial charge in [-0.15, -0.1) is 0 Å². The van der Waals surface area contributed by atoms with E-state index in [2.05, 4.69) is 22.4 Å². The van der Waals surface area contributed by atoms with Crippen LogP contribution in [-0.2, 0) is 6.42 Å². The summed E-state index contributed by atoms with van der Waals surface area (Å²) in [6, 6.07) is 6.03. The first-order valence-electron chi connectivity index (χ1n) is 7.43. The number of aromatic nitrogens is 1. The maximum absolute atomic E-state index is 12.2. The van der Waals surface area contributed by atoms with Gasteiger partial charge in [0.05, 0.1) is 6.20 Å². The van der Waals surface area contributed by atoms with E-state index in [4.69, 9.17) is 23.2 Å². The van der Waals surface area contributed by atoms with E-state index in [-0.39, 0.29) is 6.03 Å². The van der Waals surface area contributed by atoms with E-state index in [0.717, 1.165) is 36.5 Å². The van der Waals surface area contributed by atoms with Crippen LogP contribution in [0.5, 0.6) is 0 Å². The Kier molecular flexibility index (Phi) is 5.09. The minimum absolute atomic E-state index is 0.106. The molecular weight excluding hydrogens is 353 g/mol. The number of benzene rings is 1. The summed E-state index contributed by atoms with van der Waals surface area (Å²) in [5.74, 6) is 0.473. The highest BCUT2D eigenvalue weighted by molar-refractivity contribution is 7.19. The van der Waals surface area contributed by atoms with Crippen molar-refractivity contribution in [3.05, 3.63) is 44.9 Å². The summed E-state index contributed by atoms with van der Waals surface area (Å²) in [6.07, 6.45) is 3.51. The Labute approximate surface area is 149 Å². The van der Waals surface area contributed by atoms with E-state index in [1.807, 2.05) is 17.9 Å². The van der Waals surface area contributed by atoms with Gasteiger partial charge in [-0.1, -0.05) is 46.7 Å². The van der Waals surface area contributed by atoms with Crippen molar-refractivity contribution in [3.8, 4) is 0 Å². The van der Waals surface area contributed by atoms with Crippen LogP contribution in [0.1, 0.15) is 17.5 Å². The molecule has 122 valence electrons. The van der Waals surface area contributed by atoms with Gasteiger partial charge < -0.3 is 4.90 Å². The molecule has 2 heterocycles. The van der Waals surface area contributed by atoms with Crippen LogP contribution >= 0.6 is 34.5 Å². The molecule has 1 unspecified atom stereocenters. The number of hydrogen-bond acceptors (Lipinski definition) is 3. The van der Waals surface area contributed by atoms with Crippen molar-refractivity contribution >= 4 is 45.7 Å². The lowest BCUT2D eigenvalue weighted by atomic mass is 9.97. The fraction of sp³-hybridized carbons (Fsp3) is 0.375. The zero-order chi connectivity index (χ0) is 16.4. The third-order valence-corrected chi connectivity index (χ3v) is 5.47. The SMILES string of the molecule is Cc1cc(CC2CCN(C(=O)Nc3ncc(Cl)s3)C2)ccc1Cl. The number of anilines is 1. The van der Waals surface area contributed by atoms with Crippen LogP contribution in [0.4, 0.5) is 9.93 Å². The quantitative estimate of drug-likeness (QED) is 0.839. The van der Waals surface area contributed by atoms with E-state index in [1.54, 1.807) is 0 Å². The average molecular weight is 370 g/mol. The molecule has 2 aromatic rings. The Hall–Kier alpha value is -1.30. The predicted octanol–water partition coefficient (Wildman–Crippen LogP) is 4.85. The number of amides is 2. The number of nitrogens with zero attached hydrogens (tertiary/aromatic N) is 2. The van der Waals surface area contributed by atoms with Crippen molar-refractivity contribution in [1.29, 1.82) is 0 Å². The molecule has 1 aliphatic rings. The van der Waals surface area contributed by atoms with Crippen LogP contribution in [0.25, 0.3) is 0 Å². The number of rotatable bonds is 3. The second kappa shape index (κ2) is 7.07. The molecule has 0 spiro atoms. The maximum Gasteiger partial charge on any atom is 0.323 e. The van der Waals surface area contributed by atoms with Gasteiger partial charge in [0, 0.05) is 18.1 Å². The highest BCUT2D eigenvalue weighted by atomic mass is 35.5. The monoisotopic (exact) mass is 369 g/mol. The average Bonchev–Trinajstić information content (AvgIpc) is 3.12. The van der Waals surface area contributed by atoms with Gasteiger partial charge in [0.15, 0.2) is 5.13 Å². The summed E-state index contributed by atoms with van der Waals surface area (Å²) >= 11 is 13.2. The van der Waals surface area contributed by atoms with Crippen molar-refractivity contribution in [2.45, 2.75) is 19.8 Å². The Bertz CT molecular complexity index is 719. The van der Waals surface area contributed by atoms with Crippen molar-refractivity contribution < 1.29 is 4.79 Å². The number of carbonyl (C=O) groups is 1. The maximum atomic E-state index is 12.2. The first kappa shape index (κ1) is 16.6. The van der Waals surface area contributed by atoms with Gasteiger partial charge in [0.25, 0.3) is 0 Å². The van der Waals surface area contributed by atoms with Crippen LogP contribution in [0.3, 0.4) is 0 Å². The number of carbonyl (C=O) groups excluding carboxylic acids is 1. The topological polar surface area (TPSA) is 45.2 Å². The zero-order valence-electron chi connectivity index (χ0n) is 12.7. The second-order valence-electron chi connectivity index (χ2n) is 5.79. The van der Waals surface area contributed by atoms with Crippen LogP contribution in [0.15, 0.2) is 24.4 Å². The number of likely N-dealkylation sites (tertiary alicyclic amines) is 1. The third-order valence-electron chi connectivity index (χ3n) is 4.01. The molecule has 0 radical (unpaired) electrons. The van der Waals surface area contributed by atoms with Gasteiger partial charge in [-0.2, -0.15) is 0 Å². The summed E-state index contributed by atoms with van der Waals surface area (Å²) < 4.78 is 0.567. The summed E-state index contributed by atoms with van der Waals surface area (Å²) in [5.41, 5.74) is 2.36. The first-order valence-corrected chi connectivity index (χ1v) is 9.01. The zero-order valence-corrected chi connectivity index (χ0v) is 15.0. The van der Waals surface area contributed by atoms with Gasteiger partial charge >= 0.3 is 6.03 Å². The third kappa shape index (κ3) is 4.16. The number of nitrogens with one attached hydrogen (secondary N) is 1. The molecule has 1 aromatic heterocycles. The molecule has 1 aliphatic heterocycles. The van der Waals surface area contributed by atoms with Gasteiger partial charge in [-0.3, -0.25) is 5.32 Å². The second-order valence-corrected chi connectivity index (χ2v) is 7.86. The highest BCUT2D eigenvalue weighted by Crippen LogP contribution is 2.26. The minimum Gasteiger partial charge on any atom is -0.324 e. The Morgan fingerprint density at radius 3 is 3.00 bits per heavy atom. The number of thiazole rings is 1. The van der Waals surface area contributed by atoms with Crippen LogP contribution in [0, 0.1) is 12.8 Å². The van der Waals surface area contributed by atoms with Crippen LogP contribution in [-0.4, -0.2) is 29.0 Å². The highest BCUT2D eigenvalue weighted by Gasteiger charge is 2.26. The number of urea groups is 1. The van der Waals surface area contributed by atoms with Gasteiger partial charge in [-0.25, -0.2) is 9.78 Å². The standard InChI is InChI=1S/C16H17Cl2N3OS/c1-10-6-11(2-3-13(10)17)7-12-4-5-21(9-12)16(22)20-15-19-8-14(18)23-15/h2-3,6,8,12H,4-5,7,9H2,1H3,(H,19,20,22). The molecule has 2 amide bonds. The smallest absolute Gasteiger partial charge is 0.323 e. The number of halogens is 2. The van der Waals surface area contributed by atoms with E-state index in [1.165, 1.54) is 23.1 Å². The van der Waals surface area contributed by atoms with Crippen LogP contribution < -0.4 is 5.32 Å². The lowest BCUT2D eigenvalue weighted by Crippen LogP contribution is -2.33. The molecule has 0 bridgehead atoms. The summed E-state index contributed by atoms with van der Waals surface area (Å²) in [5, 5.41) is 4.13. The molecule has 1 aromatic carbocycles. The van der Waals surface area contributed by atoms with Crippen LogP contribution in [0.2, 0.25) is 9.36 Å². The van der Waals surface area contributed by atoms with Crippen molar-refractivity contribution in [2.75, 3.05) is 18.4 Å². The summed E-state index contributed by atoms with van der Waals surface area (Å²) in [4.78, 5) is 18.1. The van der Waals surface area contributed by atoms with E-state index in [0.29, 0.717) is 15.4 Å². The molecule has 1 atom stereocenters. The molecule has 1 fully saturated rings. The Morgan fingerprint density at radius 1 is 1.48 bits per heavy atom. The Balaban J connectivity index is 1.55. The first-order chi connectivity index (χ1) is 11.0. The van der Waals surface area contributed by atoms with E-state index >= 15 is 0 Å². The molecule has 7 heteroatoms. The van der Waals surface area contributed by atoms with Gasteiger partial charge in [0.2, 0.25) is 0 Å². The fourth-order valence-corrected chi connectivity index (χ4v) is 3.75. The van der Waals surface area contributed by atoms with Crippen molar-refractivity contribution in [2.24, 2.45) is 5.92 Å². The fourth-order valence-electron chi connectivity index (χ4n) is 2.83. The molecule has 0 saturated carbocycles. The summed E-state index contributed by atoms with van der Waals surface area (Å²) in [7, 11) is 0. The van der Waals surface area contributed by atoms with Crippen molar-refractivity contribution in [1.82, 2.24) is 9.88 Å². The molecule has 3 rings (SSSR count). The molecule has 0 aliphatic carbocycles. The van der Waals surface area contributed by atoms with E-state index < -0.39 is 0 Å². The minimum atomic E-state index is -0.106. The lowest BCUT2D eigenvalue weighted by Gasteiger charge is -2.16.